The first-order valence-corrected chi connectivity index (χ1v) is 7.00. The fourth-order valence-corrected chi connectivity index (χ4v) is 2.46. The van der Waals surface area contributed by atoms with E-state index in [9.17, 15) is 4.39 Å². The van der Waals surface area contributed by atoms with Crippen molar-refractivity contribution in [1.82, 2.24) is 10.3 Å². The minimum absolute atomic E-state index is 0.206. The summed E-state index contributed by atoms with van der Waals surface area (Å²) in [6, 6.07) is 8.33. The van der Waals surface area contributed by atoms with Crippen LogP contribution in [0.25, 0.3) is 0 Å². The van der Waals surface area contributed by atoms with Crippen LogP contribution in [0, 0.1) is 5.82 Å². The number of pyridine rings is 1. The van der Waals surface area contributed by atoms with E-state index in [1.165, 1.54) is 6.07 Å². The highest BCUT2D eigenvalue weighted by Crippen LogP contribution is 2.27. The van der Waals surface area contributed by atoms with Gasteiger partial charge >= 0.3 is 0 Å². The largest absolute Gasteiger partial charge is 0.313 e. The maximum absolute atomic E-state index is 13.9. The van der Waals surface area contributed by atoms with Gasteiger partial charge in [0.2, 0.25) is 0 Å². The molecular weight excluding hydrogens is 331 g/mol. The van der Waals surface area contributed by atoms with Crippen LogP contribution < -0.4 is 5.32 Å². The minimum Gasteiger partial charge on any atom is -0.313 e. The van der Waals surface area contributed by atoms with E-state index in [2.05, 4.69) is 26.2 Å². The molecule has 2 aromatic rings. The Hall–Kier alpha value is -0.970. The number of hydrogen-bond donors (Lipinski definition) is 1. The van der Waals surface area contributed by atoms with E-state index in [1.807, 2.05) is 12.1 Å². The molecule has 0 saturated heterocycles. The monoisotopic (exact) mass is 342 g/mol. The van der Waals surface area contributed by atoms with Crippen molar-refractivity contribution in [3.63, 3.8) is 0 Å². The summed E-state index contributed by atoms with van der Waals surface area (Å²) in [7, 11) is 1.78. The van der Waals surface area contributed by atoms with Crippen LogP contribution in [0.2, 0.25) is 5.02 Å². The van der Waals surface area contributed by atoms with E-state index < -0.39 is 0 Å². The Morgan fingerprint density at radius 1 is 1.37 bits per heavy atom. The van der Waals surface area contributed by atoms with Crippen molar-refractivity contribution in [2.45, 2.75) is 12.5 Å². The van der Waals surface area contributed by atoms with Gasteiger partial charge in [0, 0.05) is 39.4 Å². The molecule has 1 N–H and O–H groups in total. The van der Waals surface area contributed by atoms with Crippen LogP contribution in [0.5, 0.6) is 0 Å². The van der Waals surface area contributed by atoms with Crippen LogP contribution in [-0.4, -0.2) is 12.0 Å². The van der Waals surface area contributed by atoms with Crippen LogP contribution in [0.1, 0.15) is 17.3 Å². The number of benzene rings is 1. The van der Waals surface area contributed by atoms with E-state index in [-0.39, 0.29) is 11.9 Å². The molecule has 1 unspecified atom stereocenters. The van der Waals surface area contributed by atoms with Gasteiger partial charge < -0.3 is 5.32 Å². The fourth-order valence-electron chi connectivity index (χ4n) is 1.93. The number of hydrogen-bond acceptors (Lipinski definition) is 2. The van der Waals surface area contributed by atoms with Crippen LogP contribution in [0.3, 0.4) is 0 Å². The molecule has 0 fully saturated rings. The highest BCUT2D eigenvalue weighted by molar-refractivity contribution is 9.10. The molecule has 1 aromatic carbocycles. The third-order valence-electron chi connectivity index (χ3n) is 2.90. The van der Waals surface area contributed by atoms with Gasteiger partial charge in [0.1, 0.15) is 5.82 Å². The SMILES string of the molecule is CNC(Cc1ccc(Br)cn1)c1c(F)cccc1Cl. The van der Waals surface area contributed by atoms with Gasteiger partial charge in [0.15, 0.2) is 0 Å². The lowest BCUT2D eigenvalue weighted by Gasteiger charge is -2.18. The predicted molar refractivity (Wildman–Crippen MR) is 78.9 cm³/mol. The summed E-state index contributed by atoms with van der Waals surface area (Å²) in [4.78, 5) is 4.30. The highest BCUT2D eigenvalue weighted by atomic mass is 79.9. The average molecular weight is 344 g/mol. The molecule has 0 amide bonds. The summed E-state index contributed by atoms with van der Waals surface area (Å²) < 4.78 is 14.8. The molecule has 1 aromatic heterocycles. The Kier molecular flexibility index (Phi) is 4.91. The topological polar surface area (TPSA) is 24.9 Å². The van der Waals surface area contributed by atoms with Gasteiger partial charge in [-0.2, -0.15) is 0 Å². The number of likely N-dealkylation sites (N-methyl/N-ethyl adjacent to an activating group) is 1. The molecule has 100 valence electrons. The Morgan fingerprint density at radius 2 is 2.16 bits per heavy atom. The Labute approximate surface area is 125 Å². The lowest BCUT2D eigenvalue weighted by atomic mass is 10.0. The third-order valence-corrected chi connectivity index (χ3v) is 3.70. The molecule has 1 heterocycles. The van der Waals surface area contributed by atoms with Crippen molar-refractivity contribution in [1.29, 1.82) is 0 Å². The van der Waals surface area contributed by atoms with Crippen molar-refractivity contribution in [3.8, 4) is 0 Å². The minimum atomic E-state index is -0.302. The molecule has 0 saturated carbocycles. The van der Waals surface area contributed by atoms with Gasteiger partial charge in [0.05, 0.1) is 0 Å². The lowest BCUT2D eigenvalue weighted by molar-refractivity contribution is 0.530. The summed E-state index contributed by atoms with van der Waals surface area (Å²) in [5.41, 5.74) is 1.36. The Morgan fingerprint density at radius 3 is 2.74 bits per heavy atom. The van der Waals surface area contributed by atoms with Crippen molar-refractivity contribution in [2.24, 2.45) is 0 Å². The lowest BCUT2D eigenvalue weighted by Crippen LogP contribution is -2.21. The molecular formula is C14H13BrClFN2. The predicted octanol–water partition coefficient (Wildman–Crippen LogP) is 4.14. The van der Waals surface area contributed by atoms with Crippen LogP contribution in [-0.2, 0) is 6.42 Å². The maximum atomic E-state index is 13.9. The summed E-state index contributed by atoms with van der Waals surface area (Å²) in [5.74, 6) is -0.302. The Bertz CT molecular complexity index is 540. The number of aromatic nitrogens is 1. The maximum Gasteiger partial charge on any atom is 0.129 e. The number of nitrogens with zero attached hydrogens (tertiary/aromatic N) is 1. The molecule has 0 aliphatic rings. The quantitative estimate of drug-likeness (QED) is 0.902. The number of nitrogens with one attached hydrogen (secondary N) is 1. The van der Waals surface area contributed by atoms with Gasteiger partial charge in [-0.1, -0.05) is 17.7 Å². The van der Waals surface area contributed by atoms with Crippen LogP contribution in [0.4, 0.5) is 4.39 Å². The second-order valence-electron chi connectivity index (χ2n) is 4.15. The molecule has 2 rings (SSSR count). The van der Waals surface area contributed by atoms with Gasteiger partial charge in [-0.25, -0.2) is 4.39 Å². The zero-order valence-corrected chi connectivity index (χ0v) is 12.7. The van der Waals surface area contributed by atoms with E-state index in [0.717, 1.165) is 10.2 Å². The molecule has 0 bridgehead atoms. The number of halogens is 3. The first-order chi connectivity index (χ1) is 9.11. The van der Waals surface area contributed by atoms with Crippen LogP contribution in [0.15, 0.2) is 41.0 Å². The first kappa shape index (κ1) is 14.4. The molecule has 19 heavy (non-hydrogen) atoms. The smallest absolute Gasteiger partial charge is 0.129 e. The summed E-state index contributed by atoms with van der Waals surface area (Å²) in [6.45, 7) is 0. The van der Waals surface area contributed by atoms with E-state index >= 15 is 0 Å². The third kappa shape index (κ3) is 3.53. The molecule has 0 aliphatic heterocycles. The second-order valence-corrected chi connectivity index (χ2v) is 5.47. The average Bonchev–Trinajstić information content (AvgIpc) is 2.39. The van der Waals surface area contributed by atoms with Crippen molar-refractivity contribution < 1.29 is 4.39 Å². The van der Waals surface area contributed by atoms with Crippen molar-refractivity contribution in [2.75, 3.05) is 7.05 Å². The summed E-state index contributed by atoms with van der Waals surface area (Å²) >= 11 is 9.42. The normalized spacial score (nSPS) is 12.4. The second kappa shape index (κ2) is 6.46. The Balaban J connectivity index is 2.27. The van der Waals surface area contributed by atoms with Crippen molar-refractivity contribution >= 4 is 27.5 Å². The zero-order valence-electron chi connectivity index (χ0n) is 10.3. The molecule has 0 aliphatic carbocycles. The van der Waals surface area contributed by atoms with Gasteiger partial charge in [-0.15, -0.1) is 0 Å². The molecule has 5 heteroatoms. The van der Waals surface area contributed by atoms with Crippen LogP contribution >= 0.6 is 27.5 Å². The van der Waals surface area contributed by atoms with E-state index in [4.69, 9.17) is 11.6 Å². The standard InChI is InChI=1S/C14H13BrClFN2/c1-18-13(7-10-6-5-9(15)8-19-10)14-11(16)3-2-4-12(14)17/h2-6,8,13,18H,7H2,1H3. The fraction of sp³-hybridized carbons (Fsp3) is 0.214. The summed E-state index contributed by atoms with van der Waals surface area (Å²) in [6.07, 6.45) is 2.30. The highest BCUT2D eigenvalue weighted by Gasteiger charge is 2.18. The first-order valence-electron chi connectivity index (χ1n) is 5.83. The van der Waals surface area contributed by atoms with Gasteiger partial charge in [0.25, 0.3) is 0 Å². The molecule has 2 nitrogen and oxygen atoms in total. The van der Waals surface area contributed by atoms with E-state index in [0.29, 0.717) is 17.0 Å². The molecule has 1 atom stereocenters. The van der Waals surface area contributed by atoms with Crippen molar-refractivity contribution in [3.05, 3.63) is 63.1 Å². The molecule has 0 radical (unpaired) electrons. The molecule has 0 spiro atoms. The number of rotatable bonds is 4. The summed E-state index contributed by atoms with van der Waals surface area (Å²) in [5, 5.41) is 3.51. The van der Waals surface area contributed by atoms with Gasteiger partial charge in [-0.3, -0.25) is 4.98 Å². The zero-order chi connectivity index (χ0) is 13.8. The van der Waals surface area contributed by atoms with E-state index in [1.54, 1.807) is 25.4 Å². The van der Waals surface area contributed by atoms with Gasteiger partial charge in [-0.05, 0) is 47.2 Å².